The number of para-hydroxylation sites is 1. The summed E-state index contributed by atoms with van der Waals surface area (Å²) in [6.07, 6.45) is 0. The van der Waals surface area contributed by atoms with Crippen molar-refractivity contribution >= 4 is 38.4 Å². The number of hydrogen-bond donors (Lipinski definition) is 0. The van der Waals surface area contributed by atoms with Gasteiger partial charge in [0.1, 0.15) is 5.58 Å². The second kappa shape index (κ2) is 5.14. The van der Waals surface area contributed by atoms with E-state index < -0.39 is 4.92 Å². The third-order valence-electron chi connectivity index (χ3n) is 3.06. The zero-order valence-corrected chi connectivity index (χ0v) is 12.2. The number of rotatable bonds is 3. The predicted octanol–water partition coefficient (Wildman–Crippen LogP) is 4.33. The van der Waals surface area contributed by atoms with Gasteiger partial charge in [-0.25, -0.2) is 0 Å². The van der Waals surface area contributed by atoms with Gasteiger partial charge in [0.05, 0.1) is 9.40 Å². The van der Waals surface area contributed by atoms with Crippen LogP contribution in [0.1, 0.15) is 16.1 Å². The second-order valence-electron chi connectivity index (χ2n) is 4.40. The van der Waals surface area contributed by atoms with E-state index in [1.165, 1.54) is 24.3 Å². The number of furan rings is 1. The van der Waals surface area contributed by atoms with Crippen LogP contribution in [0.5, 0.6) is 0 Å². The zero-order valence-electron chi connectivity index (χ0n) is 10.6. The van der Waals surface area contributed by atoms with Crippen LogP contribution in [0.2, 0.25) is 0 Å². The van der Waals surface area contributed by atoms with Gasteiger partial charge in [0.15, 0.2) is 5.76 Å². The van der Waals surface area contributed by atoms with Crippen LogP contribution < -0.4 is 0 Å². The normalized spacial score (nSPS) is 10.7. The lowest BCUT2D eigenvalue weighted by Gasteiger charge is -1.97. The fraction of sp³-hybridized carbons (Fsp3) is 0. The third-order valence-corrected chi connectivity index (χ3v) is 3.68. The summed E-state index contributed by atoms with van der Waals surface area (Å²) in [4.78, 5) is 22.4. The first-order chi connectivity index (χ1) is 10.1. The van der Waals surface area contributed by atoms with Crippen molar-refractivity contribution in [1.82, 2.24) is 0 Å². The number of carbonyl (C=O) groups is 1. The molecule has 0 aliphatic carbocycles. The van der Waals surface area contributed by atoms with Crippen LogP contribution in [-0.4, -0.2) is 10.7 Å². The standard InChI is InChI=1S/C15H8BrNO4/c16-12-3-1-2-10-8-13(21-15(10)12)14(18)9-4-6-11(7-5-9)17(19)20/h1-8H. The Labute approximate surface area is 127 Å². The molecule has 104 valence electrons. The number of ketones is 1. The number of nitrogens with zero attached hydrogens (tertiary/aromatic N) is 1. The Morgan fingerprint density at radius 2 is 1.86 bits per heavy atom. The maximum Gasteiger partial charge on any atom is 0.269 e. The van der Waals surface area contributed by atoms with Crippen molar-refractivity contribution in [3.63, 3.8) is 0 Å². The van der Waals surface area contributed by atoms with Gasteiger partial charge < -0.3 is 4.42 Å². The van der Waals surface area contributed by atoms with Crippen molar-refractivity contribution < 1.29 is 14.1 Å². The van der Waals surface area contributed by atoms with Gasteiger partial charge >= 0.3 is 0 Å². The van der Waals surface area contributed by atoms with Crippen molar-refractivity contribution in [3.8, 4) is 0 Å². The molecular weight excluding hydrogens is 338 g/mol. The Balaban J connectivity index is 2.00. The summed E-state index contributed by atoms with van der Waals surface area (Å²) < 4.78 is 6.33. The lowest BCUT2D eigenvalue weighted by molar-refractivity contribution is -0.384. The van der Waals surface area contributed by atoms with Crippen molar-refractivity contribution in [2.45, 2.75) is 0 Å². The number of fused-ring (bicyclic) bond motifs is 1. The molecule has 0 aliphatic heterocycles. The highest BCUT2D eigenvalue weighted by Gasteiger charge is 2.16. The fourth-order valence-electron chi connectivity index (χ4n) is 2.02. The molecule has 0 saturated heterocycles. The van der Waals surface area contributed by atoms with E-state index in [0.717, 1.165) is 9.86 Å². The number of non-ortho nitro benzene ring substituents is 1. The Hall–Kier alpha value is -2.47. The van der Waals surface area contributed by atoms with Gasteiger partial charge in [-0.05, 0) is 40.2 Å². The minimum Gasteiger partial charge on any atom is -0.451 e. The van der Waals surface area contributed by atoms with E-state index in [1.54, 1.807) is 6.07 Å². The van der Waals surface area contributed by atoms with Crippen LogP contribution in [0.15, 0.2) is 57.4 Å². The molecule has 3 aromatic rings. The molecule has 0 unspecified atom stereocenters. The summed E-state index contributed by atoms with van der Waals surface area (Å²) in [6, 6.07) is 12.6. The first kappa shape index (κ1) is 13.5. The molecule has 0 aliphatic rings. The molecule has 0 N–H and O–H groups in total. The first-order valence-corrected chi connectivity index (χ1v) is 6.83. The quantitative estimate of drug-likeness (QED) is 0.402. The van der Waals surface area contributed by atoms with Crippen LogP contribution in [0.25, 0.3) is 11.0 Å². The molecule has 0 amide bonds. The smallest absolute Gasteiger partial charge is 0.269 e. The molecule has 2 aromatic carbocycles. The molecule has 3 rings (SSSR count). The maximum atomic E-state index is 12.3. The van der Waals surface area contributed by atoms with Crippen molar-refractivity contribution in [2.24, 2.45) is 0 Å². The van der Waals surface area contributed by atoms with Gasteiger partial charge in [-0.1, -0.05) is 12.1 Å². The number of nitro benzene ring substituents is 1. The first-order valence-electron chi connectivity index (χ1n) is 6.03. The monoisotopic (exact) mass is 345 g/mol. The van der Waals surface area contributed by atoms with E-state index in [0.29, 0.717) is 11.1 Å². The number of benzene rings is 2. The van der Waals surface area contributed by atoms with Crippen LogP contribution in [0.3, 0.4) is 0 Å². The summed E-state index contributed by atoms with van der Waals surface area (Å²) in [5, 5.41) is 11.4. The molecular formula is C15H8BrNO4. The fourth-order valence-corrected chi connectivity index (χ4v) is 2.48. The van der Waals surface area contributed by atoms with Gasteiger partial charge in [-0.15, -0.1) is 0 Å². The summed E-state index contributed by atoms with van der Waals surface area (Å²) in [7, 11) is 0. The van der Waals surface area contributed by atoms with Gasteiger partial charge in [-0.3, -0.25) is 14.9 Å². The van der Waals surface area contributed by atoms with Crippen LogP contribution in [0.4, 0.5) is 5.69 Å². The molecule has 0 saturated carbocycles. The average Bonchev–Trinajstić information content (AvgIpc) is 2.92. The van der Waals surface area contributed by atoms with Crippen LogP contribution in [0, 0.1) is 10.1 Å². The van der Waals surface area contributed by atoms with E-state index in [4.69, 9.17) is 4.42 Å². The van der Waals surface area contributed by atoms with Gasteiger partial charge in [0.25, 0.3) is 5.69 Å². The Bertz CT molecular complexity index is 852. The van der Waals surface area contributed by atoms with E-state index >= 15 is 0 Å². The number of halogens is 1. The third kappa shape index (κ3) is 2.45. The minimum atomic E-state index is -0.507. The van der Waals surface area contributed by atoms with Gasteiger partial charge in [-0.2, -0.15) is 0 Å². The molecule has 21 heavy (non-hydrogen) atoms. The molecule has 0 fully saturated rings. The maximum absolute atomic E-state index is 12.3. The molecule has 1 aromatic heterocycles. The highest BCUT2D eigenvalue weighted by Crippen LogP contribution is 2.28. The number of nitro groups is 1. The molecule has 0 spiro atoms. The topological polar surface area (TPSA) is 73.3 Å². The zero-order chi connectivity index (χ0) is 15.0. The predicted molar refractivity (Wildman–Crippen MR) is 80.4 cm³/mol. The molecule has 0 radical (unpaired) electrons. The lowest BCUT2D eigenvalue weighted by atomic mass is 10.1. The summed E-state index contributed by atoms with van der Waals surface area (Å²) in [5.74, 6) is -0.112. The summed E-state index contributed by atoms with van der Waals surface area (Å²) >= 11 is 3.36. The lowest BCUT2D eigenvalue weighted by Crippen LogP contribution is -1.99. The van der Waals surface area contributed by atoms with Crippen LogP contribution in [-0.2, 0) is 0 Å². The number of hydrogen-bond acceptors (Lipinski definition) is 4. The summed E-state index contributed by atoms with van der Waals surface area (Å²) in [6.45, 7) is 0. The minimum absolute atomic E-state index is 0.0566. The van der Waals surface area contributed by atoms with Crippen molar-refractivity contribution in [2.75, 3.05) is 0 Å². The Kier molecular flexibility index (Phi) is 3.31. The molecule has 5 nitrogen and oxygen atoms in total. The van der Waals surface area contributed by atoms with E-state index in [9.17, 15) is 14.9 Å². The SMILES string of the molecule is O=C(c1ccc([N+](=O)[O-])cc1)c1cc2cccc(Br)c2o1. The molecule has 0 bridgehead atoms. The average molecular weight is 346 g/mol. The van der Waals surface area contributed by atoms with E-state index in [1.807, 2.05) is 18.2 Å². The second-order valence-corrected chi connectivity index (χ2v) is 5.26. The molecule has 6 heteroatoms. The molecule has 1 heterocycles. The summed E-state index contributed by atoms with van der Waals surface area (Å²) in [5.41, 5.74) is 0.887. The van der Waals surface area contributed by atoms with Crippen LogP contribution >= 0.6 is 15.9 Å². The molecule has 0 atom stereocenters. The van der Waals surface area contributed by atoms with Gasteiger partial charge in [0.2, 0.25) is 5.78 Å². The van der Waals surface area contributed by atoms with Crippen molar-refractivity contribution in [1.29, 1.82) is 0 Å². The van der Waals surface area contributed by atoms with Crippen molar-refractivity contribution in [3.05, 3.63) is 74.4 Å². The Morgan fingerprint density at radius 3 is 2.48 bits per heavy atom. The Morgan fingerprint density at radius 1 is 1.14 bits per heavy atom. The highest BCUT2D eigenvalue weighted by atomic mass is 79.9. The van der Waals surface area contributed by atoms with Gasteiger partial charge in [0, 0.05) is 23.1 Å². The van der Waals surface area contributed by atoms with E-state index in [-0.39, 0.29) is 17.2 Å². The highest BCUT2D eigenvalue weighted by molar-refractivity contribution is 9.10. The van der Waals surface area contributed by atoms with E-state index in [2.05, 4.69) is 15.9 Å². The largest absolute Gasteiger partial charge is 0.451 e. The number of carbonyl (C=O) groups excluding carboxylic acids is 1.